The maximum absolute atomic E-state index is 12.0. The van der Waals surface area contributed by atoms with E-state index in [4.69, 9.17) is 4.74 Å². The van der Waals surface area contributed by atoms with Gasteiger partial charge < -0.3 is 9.84 Å². The van der Waals surface area contributed by atoms with Crippen molar-refractivity contribution >= 4 is 16.2 Å². The lowest BCUT2D eigenvalue weighted by Gasteiger charge is -2.05. The maximum atomic E-state index is 12.0. The van der Waals surface area contributed by atoms with Gasteiger partial charge in [-0.15, -0.1) is 0 Å². The Kier molecular flexibility index (Phi) is 4.67. The SMILES string of the molecule is COc1ccc(O)c(/C=N\NS(=O)(=O)c2ccc(C)cc2)c1. The lowest BCUT2D eigenvalue weighted by Crippen LogP contribution is -2.18. The smallest absolute Gasteiger partial charge is 0.276 e. The molecule has 0 saturated carbocycles. The second-order valence-electron chi connectivity index (χ2n) is 4.59. The van der Waals surface area contributed by atoms with E-state index in [9.17, 15) is 13.5 Å². The van der Waals surface area contributed by atoms with Crippen molar-refractivity contribution in [1.29, 1.82) is 0 Å². The molecule has 0 spiro atoms. The number of ether oxygens (including phenoxy) is 1. The highest BCUT2D eigenvalue weighted by Crippen LogP contribution is 2.21. The van der Waals surface area contributed by atoms with Crippen molar-refractivity contribution in [3.63, 3.8) is 0 Å². The van der Waals surface area contributed by atoms with Crippen LogP contribution in [0.5, 0.6) is 11.5 Å². The van der Waals surface area contributed by atoms with Crippen LogP contribution in [0.1, 0.15) is 11.1 Å². The summed E-state index contributed by atoms with van der Waals surface area (Å²) < 4.78 is 29.1. The summed E-state index contributed by atoms with van der Waals surface area (Å²) in [5.74, 6) is 0.500. The second kappa shape index (κ2) is 6.48. The van der Waals surface area contributed by atoms with Crippen LogP contribution in [0.15, 0.2) is 52.5 Å². The fourth-order valence-corrected chi connectivity index (χ4v) is 2.49. The van der Waals surface area contributed by atoms with Gasteiger partial charge in [-0.2, -0.15) is 13.5 Å². The molecule has 0 unspecified atom stereocenters. The number of aromatic hydroxyl groups is 1. The first-order valence-electron chi connectivity index (χ1n) is 6.41. The first-order valence-corrected chi connectivity index (χ1v) is 7.89. The van der Waals surface area contributed by atoms with Gasteiger partial charge in [-0.25, -0.2) is 4.83 Å². The van der Waals surface area contributed by atoms with Crippen LogP contribution in [-0.4, -0.2) is 26.8 Å². The summed E-state index contributed by atoms with van der Waals surface area (Å²) in [7, 11) is -2.24. The Bertz CT molecular complexity index is 784. The molecule has 0 saturated heterocycles. The monoisotopic (exact) mass is 320 g/mol. The Labute approximate surface area is 129 Å². The van der Waals surface area contributed by atoms with E-state index in [1.165, 1.54) is 31.5 Å². The molecule has 0 heterocycles. The Morgan fingerprint density at radius 3 is 2.50 bits per heavy atom. The molecule has 0 aliphatic rings. The molecule has 2 aromatic rings. The van der Waals surface area contributed by atoms with Crippen molar-refractivity contribution in [3.8, 4) is 11.5 Å². The standard InChI is InChI=1S/C15H16N2O4S/c1-11-3-6-14(7-4-11)22(19,20)17-16-10-12-9-13(21-2)5-8-15(12)18/h3-10,17-18H,1-2H3/b16-10-. The van der Waals surface area contributed by atoms with Gasteiger partial charge in [-0.1, -0.05) is 17.7 Å². The van der Waals surface area contributed by atoms with Gasteiger partial charge in [-0.05, 0) is 37.3 Å². The molecule has 0 radical (unpaired) electrons. The zero-order valence-corrected chi connectivity index (χ0v) is 13.0. The van der Waals surface area contributed by atoms with Crippen LogP contribution in [0.2, 0.25) is 0 Å². The first kappa shape index (κ1) is 15.8. The molecular weight excluding hydrogens is 304 g/mol. The minimum absolute atomic E-state index is 0.0286. The third-order valence-corrected chi connectivity index (χ3v) is 4.18. The van der Waals surface area contributed by atoms with Gasteiger partial charge in [0.2, 0.25) is 0 Å². The quantitative estimate of drug-likeness (QED) is 0.652. The van der Waals surface area contributed by atoms with Gasteiger partial charge in [0.05, 0.1) is 18.2 Å². The number of hydrogen-bond donors (Lipinski definition) is 2. The number of aryl methyl sites for hydroxylation is 1. The Morgan fingerprint density at radius 1 is 1.18 bits per heavy atom. The Hall–Kier alpha value is -2.54. The topological polar surface area (TPSA) is 88.0 Å². The summed E-state index contributed by atoms with van der Waals surface area (Å²) in [5.41, 5.74) is 1.30. The van der Waals surface area contributed by atoms with Crippen molar-refractivity contribution in [2.45, 2.75) is 11.8 Å². The molecule has 0 bridgehead atoms. The van der Waals surface area contributed by atoms with Crippen molar-refractivity contribution in [2.75, 3.05) is 7.11 Å². The number of sulfonamides is 1. The van der Waals surface area contributed by atoms with E-state index in [-0.39, 0.29) is 10.6 Å². The van der Waals surface area contributed by atoms with Crippen LogP contribution in [0.25, 0.3) is 0 Å². The molecule has 2 N–H and O–H groups in total. The maximum Gasteiger partial charge on any atom is 0.276 e. The fraction of sp³-hybridized carbons (Fsp3) is 0.133. The fourth-order valence-electron chi connectivity index (χ4n) is 1.70. The minimum atomic E-state index is -3.74. The molecule has 2 aromatic carbocycles. The molecule has 0 aromatic heterocycles. The van der Waals surface area contributed by atoms with Gasteiger partial charge in [0.25, 0.3) is 10.0 Å². The van der Waals surface area contributed by atoms with Crippen molar-refractivity contribution in [2.24, 2.45) is 5.10 Å². The molecule has 0 aliphatic heterocycles. The van der Waals surface area contributed by atoms with Crippen LogP contribution in [0, 0.1) is 6.92 Å². The molecule has 0 atom stereocenters. The van der Waals surface area contributed by atoms with Crippen LogP contribution in [0.4, 0.5) is 0 Å². The molecule has 7 heteroatoms. The van der Waals surface area contributed by atoms with E-state index < -0.39 is 10.0 Å². The summed E-state index contributed by atoms with van der Waals surface area (Å²) in [4.78, 5) is 2.21. The molecule has 0 amide bonds. The third-order valence-electron chi connectivity index (χ3n) is 2.94. The zero-order chi connectivity index (χ0) is 16.2. The number of nitrogens with zero attached hydrogens (tertiary/aromatic N) is 1. The normalized spacial score (nSPS) is 11.5. The van der Waals surface area contributed by atoms with E-state index in [2.05, 4.69) is 9.93 Å². The summed E-state index contributed by atoms with van der Waals surface area (Å²) in [5, 5.41) is 13.4. The predicted octanol–water partition coefficient (Wildman–Crippen LogP) is 2.02. The van der Waals surface area contributed by atoms with E-state index in [1.807, 2.05) is 6.92 Å². The molecule has 0 fully saturated rings. The van der Waals surface area contributed by atoms with Gasteiger partial charge in [0.15, 0.2) is 0 Å². The number of phenols is 1. The van der Waals surface area contributed by atoms with Crippen molar-refractivity contribution < 1.29 is 18.3 Å². The zero-order valence-electron chi connectivity index (χ0n) is 12.1. The molecule has 22 heavy (non-hydrogen) atoms. The number of hydrogen-bond acceptors (Lipinski definition) is 5. The second-order valence-corrected chi connectivity index (χ2v) is 6.25. The molecule has 6 nitrogen and oxygen atoms in total. The van der Waals surface area contributed by atoms with E-state index in [1.54, 1.807) is 24.3 Å². The summed E-state index contributed by atoms with van der Waals surface area (Å²) >= 11 is 0. The summed E-state index contributed by atoms with van der Waals surface area (Å²) in [6.45, 7) is 1.87. The average molecular weight is 320 g/mol. The van der Waals surface area contributed by atoms with Crippen molar-refractivity contribution in [1.82, 2.24) is 4.83 Å². The number of benzene rings is 2. The average Bonchev–Trinajstić information content (AvgIpc) is 2.49. The largest absolute Gasteiger partial charge is 0.507 e. The van der Waals surface area contributed by atoms with Crippen LogP contribution in [0.3, 0.4) is 0 Å². The summed E-state index contributed by atoms with van der Waals surface area (Å²) in [6, 6.07) is 11.0. The highest BCUT2D eigenvalue weighted by Gasteiger charge is 2.11. The highest BCUT2D eigenvalue weighted by atomic mass is 32.2. The lowest BCUT2D eigenvalue weighted by atomic mass is 10.2. The van der Waals surface area contributed by atoms with Gasteiger partial charge in [-0.3, -0.25) is 0 Å². The van der Waals surface area contributed by atoms with Gasteiger partial charge >= 0.3 is 0 Å². The number of phenolic OH excluding ortho intramolecular Hbond substituents is 1. The van der Waals surface area contributed by atoms with Gasteiger partial charge in [0, 0.05) is 5.56 Å². The third kappa shape index (κ3) is 3.76. The number of rotatable bonds is 5. The Morgan fingerprint density at radius 2 is 1.86 bits per heavy atom. The number of hydrazone groups is 1. The highest BCUT2D eigenvalue weighted by molar-refractivity contribution is 7.89. The molecule has 2 rings (SSSR count). The van der Waals surface area contributed by atoms with E-state index in [0.29, 0.717) is 11.3 Å². The van der Waals surface area contributed by atoms with E-state index in [0.717, 1.165) is 5.56 Å². The number of nitrogens with one attached hydrogen (secondary N) is 1. The predicted molar refractivity (Wildman–Crippen MR) is 83.8 cm³/mol. The Balaban J connectivity index is 2.16. The van der Waals surface area contributed by atoms with Crippen LogP contribution < -0.4 is 9.57 Å². The van der Waals surface area contributed by atoms with Crippen LogP contribution >= 0.6 is 0 Å². The summed E-state index contributed by atoms with van der Waals surface area (Å²) in [6.07, 6.45) is 1.21. The molecular formula is C15H16N2O4S. The van der Waals surface area contributed by atoms with Gasteiger partial charge in [0.1, 0.15) is 11.5 Å². The minimum Gasteiger partial charge on any atom is -0.507 e. The van der Waals surface area contributed by atoms with E-state index >= 15 is 0 Å². The molecule has 0 aliphatic carbocycles. The molecule has 116 valence electrons. The lowest BCUT2D eigenvalue weighted by molar-refractivity contribution is 0.412. The first-order chi connectivity index (χ1) is 10.4. The number of methoxy groups -OCH3 is 1. The van der Waals surface area contributed by atoms with Crippen molar-refractivity contribution in [3.05, 3.63) is 53.6 Å². The van der Waals surface area contributed by atoms with Crippen LogP contribution in [-0.2, 0) is 10.0 Å².